The molecule has 5 nitrogen and oxygen atoms in total. The van der Waals surface area contributed by atoms with E-state index in [1.807, 2.05) is 7.05 Å². The van der Waals surface area contributed by atoms with Crippen molar-refractivity contribution >= 4 is 29.9 Å². The van der Waals surface area contributed by atoms with Crippen LogP contribution in [-0.2, 0) is 13.1 Å². The highest BCUT2D eigenvalue weighted by Gasteiger charge is 2.09. The second-order valence-electron chi connectivity index (χ2n) is 6.81. The number of nitrogens with one attached hydrogen (secondary N) is 2. The van der Waals surface area contributed by atoms with Crippen LogP contribution >= 0.6 is 24.0 Å². The number of aliphatic imine (C=N–C) groups is 1. The van der Waals surface area contributed by atoms with E-state index in [1.54, 1.807) is 0 Å². The van der Waals surface area contributed by atoms with Crippen molar-refractivity contribution in [2.45, 2.75) is 32.4 Å². The van der Waals surface area contributed by atoms with Crippen molar-refractivity contribution in [3.8, 4) is 0 Å². The molecule has 0 radical (unpaired) electrons. The molecule has 0 amide bonds. The summed E-state index contributed by atoms with van der Waals surface area (Å²) in [7, 11) is 6.01. The molecule has 0 spiro atoms. The highest BCUT2D eigenvalue weighted by molar-refractivity contribution is 14.0. The zero-order chi connectivity index (χ0) is 17.2. The van der Waals surface area contributed by atoms with Gasteiger partial charge >= 0.3 is 0 Å². The summed E-state index contributed by atoms with van der Waals surface area (Å²) < 4.78 is 0. The third-order valence-corrected chi connectivity index (χ3v) is 4.37. The molecule has 1 fully saturated rings. The van der Waals surface area contributed by atoms with Gasteiger partial charge in [-0.1, -0.05) is 30.7 Å². The lowest BCUT2D eigenvalue weighted by atomic mass is 10.1. The van der Waals surface area contributed by atoms with Gasteiger partial charge in [-0.25, -0.2) is 0 Å². The summed E-state index contributed by atoms with van der Waals surface area (Å²) in [5.74, 6) is 0.879. The fourth-order valence-electron chi connectivity index (χ4n) is 3.05. The molecule has 2 rings (SSSR count). The quantitative estimate of drug-likeness (QED) is 0.374. The van der Waals surface area contributed by atoms with Crippen LogP contribution in [0.2, 0.25) is 0 Å². The molecule has 2 N–H and O–H groups in total. The molecular formula is C19H34IN5. The summed E-state index contributed by atoms with van der Waals surface area (Å²) in [4.78, 5) is 9.03. The lowest BCUT2D eigenvalue weighted by Gasteiger charge is -2.26. The number of benzene rings is 1. The number of rotatable bonds is 7. The average Bonchev–Trinajstić information content (AvgIpc) is 2.59. The van der Waals surface area contributed by atoms with Crippen molar-refractivity contribution in [2.75, 3.05) is 47.3 Å². The van der Waals surface area contributed by atoms with Crippen molar-refractivity contribution in [1.82, 2.24) is 20.4 Å². The fraction of sp³-hybridized carbons (Fsp3) is 0.632. The molecule has 0 aliphatic carbocycles. The first-order valence-corrected chi connectivity index (χ1v) is 9.07. The smallest absolute Gasteiger partial charge is 0.191 e. The van der Waals surface area contributed by atoms with Gasteiger partial charge in [-0.15, -0.1) is 24.0 Å². The zero-order valence-corrected chi connectivity index (χ0v) is 18.3. The minimum atomic E-state index is 0. The molecule has 1 aliphatic heterocycles. The highest BCUT2D eigenvalue weighted by atomic mass is 127. The maximum absolute atomic E-state index is 4.31. The Kier molecular flexibility index (Phi) is 11.1. The van der Waals surface area contributed by atoms with Crippen molar-refractivity contribution in [3.05, 3.63) is 35.4 Å². The summed E-state index contributed by atoms with van der Waals surface area (Å²) in [6.07, 6.45) is 4.08. The first-order chi connectivity index (χ1) is 11.7. The summed E-state index contributed by atoms with van der Waals surface area (Å²) in [5.41, 5.74) is 2.62. The highest BCUT2D eigenvalue weighted by Crippen LogP contribution is 2.07. The zero-order valence-electron chi connectivity index (χ0n) is 15.9. The standard InChI is InChI=1S/C19H33N5.HI/c1-20-19(21-11-14-24-12-5-4-6-13-24)22-15-17-7-9-18(10-8-17)16-23(2)3;/h7-10H,4-6,11-16H2,1-3H3,(H2,20,21,22);1H. The molecule has 142 valence electrons. The van der Waals surface area contributed by atoms with E-state index in [0.29, 0.717) is 0 Å². The van der Waals surface area contributed by atoms with Gasteiger partial charge in [0.25, 0.3) is 0 Å². The molecule has 6 heteroatoms. The second kappa shape index (κ2) is 12.5. The summed E-state index contributed by atoms with van der Waals surface area (Å²) in [6.45, 7) is 6.31. The third kappa shape index (κ3) is 8.87. The van der Waals surface area contributed by atoms with Crippen LogP contribution in [0.25, 0.3) is 0 Å². The molecule has 0 bridgehead atoms. The maximum Gasteiger partial charge on any atom is 0.191 e. The molecule has 0 atom stereocenters. The minimum absolute atomic E-state index is 0. The largest absolute Gasteiger partial charge is 0.355 e. The van der Waals surface area contributed by atoms with Gasteiger partial charge < -0.3 is 20.4 Å². The SMILES string of the molecule is CN=C(NCCN1CCCCC1)NCc1ccc(CN(C)C)cc1.I. The van der Waals surface area contributed by atoms with E-state index in [9.17, 15) is 0 Å². The number of guanidine groups is 1. The van der Waals surface area contributed by atoms with Gasteiger partial charge in [0.2, 0.25) is 0 Å². The number of hydrogen-bond donors (Lipinski definition) is 2. The Bertz CT molecular complexity index is 495. The van der Waals surface area contributed by atoms with Crippen LogP contribution in [0.1, 0.15) is 30.4 Å². The Morgan fingerprint density at radius 1 is 1.04 bits per heavy atom. The van der Waals surface area contributed by atoms with Gasteiger partial charge in [0, 0.05) is 33.2 Å². The van der Waals surface area contributed by atoms with E-state index in [0.717, 1.165) is 32.1 Å². The van der Waals surface area contributed by atoms with Gasteiger partial charge in [-0.3, -0.25) is 4.99 Å². The number of hydrogen-bond acceptors (Lipinski definition) is 3. The monoisotopic (exact) mass is 459 g/mol. The summed E-state index contributed by atoms with van der Waals surface area (Å²) >= 11 is 0. The Morgan fingerprint density at radius 2 is 1.68 bits per heavy atom. The molecule has 1 aliphatic rings. The fourth-order valence-corrected chi connectivity index (χ4v) is 3.05. The maximum atomic E-state index is 4.31. The van der Waals surface area contributed by atoms with Crippen LogP contribution in [-0.4, -0.2) is 63.1 Å². The third-order valence-electron chi connectivity index (χ3n) is 4.37. The molecule has 25 heavy (non-hydrogen) atoms. The molecule has 0 aromatic heterocycles. The Hall–Kier alpha value is -0.860. The van der Waals surface area contributed by atoms with Crippen LogP contribution in [0, 0.1) is 0 Å². The Morgan fingerprint density at radius 3 is 2.28 bits per heavy atom. The normalized spacial score (nSPS) is 15.8. The van der Waals surface area contributed by atoms with Gasteiger partial charge in [0.05, 0.1) is 0 Å². The van der Waals surface area contributed by atoms with Crippen molar-refractivity contribution < 1.29 is 0 Å². The van der Waals surface area contributed by atoms with Gasteiger partial charge in [0.15, 0.2) is 5.96 Å². The summed E-state index contributed by atoms with van der Waals surface area (Å²) in [5, 5.41) is 6.81. The molecule has 1 aromatic carbocycles. The van der Waals surface area contributed by atoms with E-state index in [-0.39, 0.29) is 24.0 Å². The van der Waals surface area contributed by atoms with Gasteiger partial charge in [-0.05, 0) is 51.2 Å². The topological polar surface area (TPSA) is 42.9 Å². The van der Waals surface area contributed by atoms with Gasteiger partial charge in [-0.2, -0.15) is 0 Å². The van der Waals surface area contributed by atoms with E-state index in [4.69, 9.17) is 0 Å². The van der Waals surface area contributed by atoms with Crippen LogP contribution in [0.3, 0.4) is 0 Å². The lowest BCUT2D eigenvalue weighted by Crippen LogP contribution is -2.42. The van der Waals surface area contributed by atoms with E-state index < -0.39 is 0 Å². The van der Waals surface area contributed by atoms with Crippen LogP contribution < -0.4 is 10.6 Å². The van der Waals surface area contributed by atoms with Gasteiger partial charge in [0.1, 0.15) is 0 Å². The molecule has 1 saturated heterocycles. The Balaban J connectivity index is 0.00000312. The summed E-state index contributed by atoms with van der Waals surface area (Å²) in [6, 6.07) is 8.77. The predicted octanol–water partition coefficient (Wildman–Crippen LogP) is 2.52. The lowest BCUT2D eigenvalue weighted by molar-refractivity contribution is 0.232. The van der Waals surface area contributed by atoms with E-state index in [2.05, 4.69) is 63.8 Å². The molecule has 0 unspecified atom stereocenters. The molecule has 0 saturated carbocycles. The van der Waals surface area contributed by atoms with Crippen molar-refractivity contribution in [2.24, 2.45) is 4.99 Å². The van der Waals surface area contributed by atoms with E-state index >= 15 is 0 Å². The number of likely N-dealkylation sites (tertiary alicyclic amines) is 1. The second-order valence-corrected chi connectivity index (χ2v) is 6.81. The van der Waals surface area contributed by atoms with Crippen molar-refractivity contribution in [3.63, 3.8) is 0 Å². The first kappa shape index (κ1) is 22.2. The minimum Gasteiger partial charge on any atom is -0.355 e. The van der Waals surface area contributed by atoms with Crippen LogP contribution in [0.15, 0.2) is 29.3 Å². The number of halogens is 1. The van der Waals surface area contributed by atoms with Crippen LogP contribution in [0.5, 0.6) is 0 Å². The van der Waals surface area contributed by atoms with Crippen molar-refractivity contribution in [1.29, 1.82) is 0 Å². The first-order valence-electron chi connectivity index (χ1n) is 9.07. The number of piperidine rings is 1. The Labute approximate surface area is 170 Å². The number of nitrogens with zero attached hydrogens (tertiary/aromatic N) is 3. The molecule has 1 heterocycles. The average molecular weight is 459 g/mol. The van der Waals surface area contributed by atoms with E-state index in [1.165, 1.54) is 43.5 Å². The molecular weight excluding hydrogens is 425 g/mol. The predicted molar refractivity (Wildman–Crippen MR) is 118 cm³/mol. The molecule has 1 aromatic rings. The van der Waals surface area contributed by atoms with Crippen LogP contribution in [0.4, 0.5) is 0 Å².